The average Bonchev–Trinajstić information content (AvgIpc) is 3.22. The number of rotatable bonds is 3. The Bertz CT molecular complexity index is 1590. The van der Waals surface area contributed by atoms with Crippen LogP contribution in [0.2, 0.25) is 0 Å². The largest absolute Gasteiger partial charge is 0.455 e. The van der Waals surface area contributed by atoms with Crippen molar-refractivity contribution in [3.63, 3.8) is 0 Å². The van der Waals surface area contributed by atoms with E-state index >= 15 is 0 Å². The number of fused-ring (bicyclic) bond motifs is 4. The van der Waals surface area contributed by atoms with E-state index in [0.717, 1.165) is 43.8 Å². The number of para-hydroxylation sites is 2. The Hall–Kier alpha value is -4.17. The molecule has 0 radical (unpaired) electrons. The summed E-state index contributed by atoms with van der Waals surface area (Å²) in [6, 6.07) is 35.9. The van der Waals surface area contributed by atoms with Gasteiger partial charge in [0.05, 0.1) is 0 Å². The highest BCUT2D eigenvalue weighted by Gasteiger charge is 2.17. The second-order valence-corrected chi connectivity index (χ2v) is 7.68. The van der Waals surface area contributed by atoms with E-state index in [1.54, 1.807) is 0 Å². The molecule has 5 aromatic carbocycles. The molecule has 2 nitrogen and oxygen atoms in total. The fourth-order valence-corrected chi connectivity index (χ4v) is 4.44. The van der Waals surface area contributed by atoms with Gasteiger partial charge in [-0.1, -0.05) is 97.1 Å². The van der Waals surface area contributed by atoms with Crippen molar-refractivity contribution in [1.82, 2.24) is 0 Å². The van der Waals surface area contributed by atoms with Crippen LogP contribution >= 0.6 is 0 Å². The lowest BCUT2D eigenvalue weighted by molar-refractivity contribution is 0.104. The van der Waals surface area contributed by atoms with Gasteiger partial charge in [0, 0.05) is 27.5 Å². The van der Waals surface area contributed by atoms with Gasteiger partial charge in [0.25, 0.3) is 0 Å². The summed E-state index contributed by atoms with van der Waals surface area (Å²) in [4.78, 5) is 13.2. The summed E-state index contributed by atoms with van der Waals surface area (Å²) < 4.78 is 6.27. The minimum Gasteiger partial charge on any atom is -0.455 e. The van der Waals surface area contributed by atoms with E-state index in [1.165, 1.54) is 0 Å². The van der Waals surface area contributed by atoms with Crippen LogP contribution in [0, 0.1) is 0 Å². The van der Waals surface area contributed by atoms with Crippen molar-refractivity contribution in [3.05, 3.63) is 120 Å². The Morgan fingerprint density at radius 3 is 2.03 bits per heavy atom. The first-order valence-corrected chi connectivity index (χ1v) is 10.3. The highest BCUT2D eigenvalue weighted by molar-refractivity contribution is 6.19. The molecular formula is C29H18O2. The van der Waals surface area contributed by atoms with Crippen molar-refractivity contribution in [2.45, 2.75) is 0 Å². The number of carbonyl (C=O) groups excluding carboxylic acids is 1. The Morgan fingerprint density at radius 2 is 1.19 bits per heavy atom. The lowest BCUT2D eigenvalue weighted by atomic mass is 9.91. The van der Waals surface area contributed by atoms with E-state index in [2.05, 4.69) is 30.3 Å². The summed E-state index contributed by atoms with van der Waals surface area (Å²) >= 11 is 0. The number of hydrogen-bond acceptors (Lipinski definition) is 2. The van der Waals surface area contributed by atoms with Crippen LogP contribution in [0.15, 0.2) is 114 Å². The van der Waals surface area contributed by atoms with E-state index < -0.39 is 0 Å². The highest BCUT2D eigenvalue weighted by atomic mass is 16.3. The van der Waals surface area contributed by atoms with Gasteiger partial charge in [-0.3, -0.25) is 4.79 Å². The molecule has 146 valence electrons. The third-order valence-electron chi connectivity index (χ3n) is 5.90. The SMILES string of the molecule is O=C(c1ccccc1)c1ccc(-c2cccc3c2oc2ccccc23)c2ccccc12. The van der Waals surface area contributed by atoms with Gasteiger partial charge < -0.3 is 4.42 Å². The van der Waals surface area contributed by atoms with Crippen LogP contribution in [0.5, 0.6) is 0 Å². The normalized spacial score (nSPS) is 11.4. The molecule has 0 unspecified atom stereocenters. The molecule has 0 saturated carbocycles. The van der Waals surface area contributed by atoms with Gasteiger partial charge >= 0.3 is 0 Å². The quantitative estimate of drug-likeness (QED) is 0.287. The van der Waals surface area contributed by atoms with Crippen molar-refractivity contribution in [2.24, 2.45) is 0 Å². The van der Waals surface area contributed by atoms with Crippen LogP contribution in [0.3, 0.4) is 0 Å². The molecule has 0 saturated heterocycles. The van der Waals surface area contributed by atoms with E-state index in [4.69, 9.17) is 4.42 Å². The zero-order chi connectivity index (χ0) is 20.8. The number of carbonyl (C=O) groups is 1. The fraction of sp³-hybridized carbons (Fsp3) is 0. The Morgan fingerprint density at radius 1 is 0.516 bits per heavy atom. The van der Waals surface area contributed by atoms with Crippen molar-refractivity contribution in [2.75, 3.05) is 0 Å². The topological polar surface area (TPSA) is 30.2 Å². The van der Waals surface area contributed by atoms with Gasteiger partial charge in [0.2, 0.25) is 0 Å². The van der Waals surface area contributed by atoms with E-state index in [-0.39, 0.29) is 5.78 Å². The molecule has 2 heteroatoms. The van der Waals surface area contributed by atoms with Crippen LogP contribution in [-0.2, 0) is 0 Å². The maximum Gasteiger partial charge on any atom is 0.193 e. The lowest BCUT2D eigenvalue weighted by Crippen LogP contribution is -2.02. The first kappa shape index (κ1) is 17.7. The molecular weight excluding hydrogens is 380 g/mol. The third kappa shape index (κ3) is 2.77. The second-order valence-electron chi connectivity index (χ2n) is 7.68. The van der Waals surface area contributed by atoms with Crippen molar-refractivity contribution < 1.29 is 9.21 Å². The Kier molecular flexibility index (Phi) is 3.97. The minimum absolute atomic E-state index is 0.0327. The number of ketones is 1. The molecule has 6 rings (SSSR count). The molecule has 0 bridgehead atoms. The highest BCUT2D eigenvalue weighted by Crippen LogP contribution is 2.39. The van der Waals surface area contributed by atoms with Crippen LogP contribution in [0.25, 0.3) is 43.8 Å². The fourth-order valence-electron chi connectivity index (χ4n) is 4.44. The second kappa shape index (κ2) is 6.96. The predicted octanol–water partition coefficient (Wildman–Crippen LogP) is 7.64. The van der Waals surface area contributed by atoms with E-state index in [0.29, 0.717) is 11.1 Å². The van der Waals surface area contributed by atoms with Gasteiger partial charge in [0.15, 0.2) is 5.78 Å². The van der Waals surface area contributed by atoms with Gasteiger partial charge in [-0.05, 0) is 28.5 Å². The molecule has 1 aromatic heterocycles. The molecule has 31 heavy (non-hydrogen) atoms. The van der Waals surface area contributed by atoms with Gasteiger partial charge in [-0.2, -0.15) is 0 Å². The van der Waals surface area contributed by atoms with Crippen LogP contribution in [-0.4, -0.2) is 5.78 Å². The molecule has 0 aliphatic rings. The summed E-state index contributed by atoms with van der Waals surface area (Å²) in [5.41, 5.74) is 5.25. The molecule has 0 aliphatic heterocycles. The monoisotopic (exact) mass is 398 g/mol. The minimum atomic E-state index is 0.0327. The number of benzene rings is 5. The molecule has 0 N–H and O–H groups in total. The number of hydrogen-bond donors (Lipinski definition) is 0. The van der Waals surface area contributed by atoms with E-state index in [1.807, 2.05) is 78.9 Å². The predicted molar refractivity (Wildman–Crippen MR) is 127 cm³/mol. The Labute approximate surface area is 179 Å². The van der Waals surface area contributed by atoms with Crippen LogP contribution in [0.1, 0.15) is 15.9 Å². The molecule has 0 amide bonds. The van der Waals surface area contributed by atoms with Crippen LogP contribution < -0.4 is 0 Å². The number of furan rings is 1. The zero-order valence-electron chi connectivity index (χ0n) is 16.7. The van der Waals surface area contributed by atoms with Gasteiger partial charge in [-0.25, -0.2) is 0 Å². The van der Waals surface area contributed by atoms with Gasteiger partial charge in [0.1, 0.15) is 11.2 Å². The molecule has 0 spiro atoms. The smallest absolute Gasteiger partial charge is 0.193 e. The maximum absolute atomic E-state index is 13.2. The Balaban J connectivity index is 1.61. The average molecular weight is 398 g/mol. The molecule has 0 atom stereocenters. The van der Waals surface area contributed by atoms with Gasteiger partial charge in [-0.15, -0.1) is 0 Å². The maximum atomic E-state index is 13.2. The lowest BCUT2D eigenvalue weighted by Gasteiger charge is -2.12. The first-order valence-electron chi connectivity index (χ1n) is 10.3. The molecule has 6 aromatic rings. The summed E-state index contributed by atoms with van der Waals surface area (Å²) in [6.45, 7) is 0. The van der Waals surface area contributed by atoms with Crippen molar-refractivity contribution in [1.29, 1.82) is 0 Å². The molecule has 0 fully saturated rings. The first-order chi connectivity index (χ1) is 15.3. The molecule has 0 aliphatic carbocycles. The molecule has 1 heterocycles. The third-order valence-corrected chi connectivity index (χ3v) is 5.90. The zero-order valence-corrected chi connectivity index (χ0v) is 16.7. The summed E-state index contributed by atoms with van der Waals surface area (Å²) in [6.07, 6.45) is 0. The summed E-state index contributed by atoms with van der Waals surface area (Å²) in [7, 11) is 0. The van der Waals surface area contributed by atoms with E-state index in [9.17, 15) is 4.79 Å². The van der Waals surface area contributed by atoms with Crippen LogP contribution in [0.4, 0.5) is 0 Å². The summed E-state index contributed by atoms with van der Waals surface area (Å²) in [5, 5.41) is 4.19. The van der Waals surface area contributed by atoms with Crippen molar-refractivity contribution in [3.8, 4) is 11.1 Å². The standard InChI is InChI=1S/C29H18O2/c30-28(19-9-2-1-3-10-19)24-18-17-22(20-11-4-5-12-21(20)24)25-14-8-15-26-23-13-6-7-16-27(23)31-29(25)26/h1-18H. The van der Waals surface area contributed by atoms with Crippen molar-refractivity contribution >= 4 is 38.5 Å². The summed E-state index contributed by atoms with van der Waals surface area (Å²) in [5.74, 6) is 0.0327.